The second-order valence-electron chi connectivity index (χ2n) is 6.96. The van der Waals surface area contributed by atoms with E-state index < -0.39 is 23.9 Å². The molecule has 0 amide bonds. The lowest BCUT2D eigenvalue weighted by Crippen LogP contribution is -2.33. The number of benzene rings is 2. The lowest BCUT2D eigenvalue weighted by molar-refractivity contribution is -0.156. The van der Waals surface area contributed by atoms with Crippen LogP contribution < -0.4 is 11.6 Å². The molecule has 0 spiro atoms. The predicted octanol–water partition coefficient (Wildman–Crippen LogP) is 3.23. The van der Waals surface area contributed by atoms with Gasteiger partial charge in [0.1, 0.15) is 0 Å². The third-order valence-electron chi connectivity index (χ3n) is 4.59. The van der Waals surface area contributed by atoms with Crippen LogP contribution in [0.3, 0.4) is 0 Å². The zero-order valence-electron chi connectivity index (χ0n) is 16.3. The number of carbonyl (C=O) groups is 1. The van der Waals surface area contributed by atoms with Crippen LogP contribution in [0, 0.1) is 6.92 Å². The molecule has 0 radical (unpaired) electrons. The van der Waals surface area contributed by atoms with Gasteiger partial charge in [0.25, 0.3) is 0 Å². The third-order valence-corrected chi connectivity index (χ3v) is 4.82. The molecule has 7 nitrogen and oxygen atoms in total. The summed E-state index contributed by atoms with van der Waals surface area (Å²) in [6.07, 6.45) is -0.872. The first-order valence-corrected chi connectivity index (χ1v) is 9.74. The molecule has 1 aromatic heterocycles. The molecule has 0 saturated heterocycles. The summed E-state index contributed by atoms with van der Waals surface area (Å²) in [5.74, 6) is -1.39. The van der Waals surface area contributed by atoms with E-state index in [0.717, 1.165) is 16.7 Å². The molecular formula is C22H22ClNO6. The van der Waals surface area contributed by atoms with Crippen molar-refractivity contribution in [1.82, 2.24) is 0 Å². The number of carbonyl (C=O) groups excluding carboxylic acids is 1. The molecule has 0 saturated carbocycles. The standard InChI is InChI=1S/C22H22ClNO6/c1-13-20(30-22(27)29-13)12-28-21(26)19(25)11-18(24)9-14-5-7-15(8-6-14)16-3-2-4-17(23)10-16/h2-8,10,18-19,25H,9,11-12,24H2,1H3/t18?,19-/m1/s1. The van der Waals surface area contributed by atoms with Crippen LogP contribution in [0.2, 0.25) is 5.02 Å². The van der Waals surface area contributed by atoms with Crippen LogP contribution in [0.1, 0.15) is 23.5 Å². The van der Waals surface area contributed by atoms with Crippen molar-refractivity contribution >= 4 is 17.6 Å². The van der Waals surface area contributed by atoms with Gasteiger partial charge in [-0.05, 0) is 48.6 Å². The van der Waals surface area contributed by atoms with Crippen molar-refractivity contribution in [2.24, 2.45) is 5.73 Å². The van der Waals surface area contributed by atoms with E-state index in [0.29, 0.717) is 11.4 Å². The third kappa shape index (κ3) is 5.82. The van der Waals surface area contributed by atoms with E-state index in [2.05, 4.69) is 4.42 Å². The van der Waals surface area contributed by atoms with Gasteiger partial charge in [-0.3, -0.25) is 0 Å². The van der Waals surface area contributed by atoms with Crippen molar-refractivity contribution in [3.63, 3.8) is 0 Å². The Bertz CT molecular complexity index is 1060. The van der Waals surface area contributed by atoms with Crippen LogP contribution in [0.15, 0.2) is 62.2 Å². The fourth-order valence-corrected chi connectivity index (χ4v) is 3.20. The minimum absolute atomic E-state index is 0.0309. The van der Waals surface area contributed by atoms with Crippen LogP contribution in [0.5, 0.6) is 0 Å². The van der Waals surface area contributed by atoms with E-state index in [1.807, 2.05) is 48.5 Å². The molecule has 158 valence electrons. The minimum Gasteiger partial charge on any atom is -0.455 e. The topological polar surface area (TPSA) is 116 Å². The average molecular weight is 432 g/mol. The number of nitrogens with two attached hydrogens (primary N) is 1. The molecule has 0 fully saturated rings. The van der Waals surface area contributed by atoms with Crippen molar-refractivity contribution in [3.8, 4) is 11.1 Å². The maximum Gasteiger partial charge on any atom is 0.519 e. The van der Waals surface area contributed by atoms with Gasteiger partial charge in [0.2, 0.25) is 0 Å². The molecule has 0 bridgehead atoms. The molecule has 1 heterocycles. The second-order valence-corrected chi connectivity index (χ2v) is 7.40. The smallest absolute Gasteiger partial charge is 0.455 e. The number of aliphatic hydroxyl groups is 1. The molecule has 3 rings (SSSR count). The van der Waals surface area contributed by atoms with Crippen molar-refractivity contribution in [2.45, 2.75) is 38.5 Å². The normalized spacial score (nSPS) is 13.1. The van der Waals surface area contributed by atoms with Gasteiger partial charge < -0.3 is 24.4 Å². The average Bonchev–Trinajstić information content (AvgIpc) is 3.03. The minimum atomic E-state index is -1.38. The maximum absolute atomic E-state index is 12.0. The summed E-state index contributed by atoms with van der Waals surface area (Å²) < 4.78 is 14.4. The van der Waals surface area contributed by atoms with E-state index in [9.17, 15) is 14.7 Å². The van der Waals surface area contributed by atoms with Gasteiger partial charge in [-0.2, -0.15) is 0 Å². The van der Waals surface area contributed by atoms with Crippen LogP contribution in [-0.2, 0) is 22.6 Å². The van der Waals surface area contributed by atoms with Crippen LogP contribution in [0.25, 0.3) is 11.1 Å². The zero-order valence-corrected chi connectivity index (χ0v) is 17.1. The number of hydrogen-bond acceptors (Lipinski definition) is 7. The summed E-state index contributed by atoms with van der Waals surface area (Å²) in [6.45, 7) is 1.21. The van der Waals surface area contributed by atoms with Gasteiger partial charge in [0.15, 0.2) is 24.2 Å². The molecule has 8 heteroatoms. The van der Waals surface area contributed by atoms with Gasteiger partial charge in [-0.1, -0.05) is 48.0 Å². The van der Waals surface area contributed by atoms with Crippen molar-refractivity contribution in [1.29, 1.82) is 0 Å². The highest BCUT2D eigenvalue weighted by atomic mass is 35.5. The Morgan fingerprint density at radius 3 is 2.53 bits per heavy atom. The summed E-state index contributed by atoms with van der Waals surface area (Å²) in [5, 5.41) is 10.7. The van der Waals surface area contributed by atoms with E-state index in [1.165, 1.54) is 6.92 Å². The maximum atomic E-state index is 12.0. The fourth-order valence-electron chi connectivity index (χ4n) is 3.01. The number of halogens is 1. The Morgan fingerprint density at radius 2 is 1.90 bits per heavy atom. The Hall–Kier alpha value is -2.87. The number of ether oxygens (including phenoxy) is 1. The first kappa shape index (κ1) is 21.8. The van der Waals surface area contributed by atoms with E-state index in [1.54, 1.807) is 0 Å². The molecule has 3 N–H and O–H groups in total. The highest BCUT2D eigenvalue weighted by molar-refractivity contribution is 6.30. The van der Waals surface area contributed by atoms with Gasteiger partial charge in [-0.25, -0.2) is 9.59 Å². The molecule has 2 atom stereocenters. The molecule has 1 unspecified atom stereocenters. The lowest BCUT2D eigenvalue weighted by Gasteiger charge is -2.16. The summed E-state index contributed by atoms with van der Waals surface area (Å²) in [4.78, 5) is 22.9. The van der Waals surface area contributed by atoms with Gasteiger partial charge in [-0.15, -0.1) is 0 Å². The number of esters is 1. The molecule has 30 heavy (non-hydrogen) atoms. The van der Waals surface area contributed by atoms with Crippen molar-refractivity contribution < 1.29 is 23.5 Å². The SMILES string of the molecule is Cc1oc(=O)oc1COC(=O)[C@H](O)CC(N)Cc1ccc(-c2cccc(Cl)c2)cc1. The summed E-state index contributed by atoms with van der Waals surface area (Å²) in [7, 11) is 0. The second kappa shape index (κ2) is 9.75. The number of rotatable bonds is 8. The highest BCUT2D eigenvalue weighted by Gasteiger charge is 2.21. The van der Waals surface area contributed by atoms with E-state index in [-0.39, 0.29) is 24.5 Å². The number of hydrogen-bond donors (Lipinski definition) is 2. The molecule has 3 aromatic rings. The van der Waals surface area contributed by atoms with Crippen LogP contribution >= 0.6 is 11.6 Å². The Morgan fingerprint density at radius 1 is 1.17 bits per heavy atom. The van der Waals surface area contributed by atoms with Crippen molar-refractivity contribution in [2.75, 3.05) is 0 Å². The molecule has 0 aliphatic heterocycles. The van der Waals surface area contributed by atoms with Crippen LogP contribution in [-0.4, -0.2) is 23.2 Å². The Balaban J connectivity index is 1.50. The lowest BCUT2D eigenvalue weighted by atomic mass is 9.98. The molecule has 2 aromatic carbocycles. The predicted molar refractivity (Wildman–Crippen MR) is 111 cm³/mol. The quantitative estimate of drug-likeness (QED) is 0.526. The molecule has 0 aliphatic carbocycles. The summed E-state index contributed by atoms with van der Waals surface area (Å²) >= 11 is 6.03. The summed E-state index contributed by atoms with van der Waals surface area (Å²) in [5.41, 5.74) is 9.11. The largest absolute Gasteiger partial charge is 0.519 e. The fraction of sp³-hybridized carbons (Fsp3) is 0.273. The van der Waals surface area contributed by atoms with Gasteiger partial charge in [0, 0.05) is 11.1 Å². The Kier molecular flexibility index (Phi) is 7.10. The van der Waals surface area contributed by atoms with Crippen molar-refractivity contribution in [3.05, 3.63) is 81.3 Å². The van der Waals surface area contributed by atoms with Gasteiger partial charge in [0.05, 0.1) is 0 Å². The number of aliphatic hydroxyl groups excluding tert-OH is 1. The number of aryl methyl sites for hydroxylation is 1. The highest BCUT2D eigenvalue weighted by Crippen LogP contribution is 2.23. The van der Waals surface area contributed by atoms with E-state index in [4.69, 9.17) is 26.5 Å². The van der Waals surface area contributed by atoms with E-state index >= 15 is 0 Å². The Labute approximate surface area is 178 Å². The van der Waals surface area contributed by atoms with Gasteiger partial charge >= 0.3 is 11.8 Å². The zero-order chi connectivity index (χ0) is 21.7. The first-order valence-electron chi connectivity index (χ1n) is 9.36. The summed E-state index contributed by atoms with van der Waals surface area (Å²) in [6, 6.07) is 15.0. The monoisotopic (exact) mass is 431 g/mol. The molecular weight excluding hydrogens is 410 g/mol. The first-order chi connectivity index (χ1) is 14.3. The molecule has 0 aliphatic rings. The van der Waals surface area contributed by atoms with Crippen LogP contribution in [0.4, 0.5) is 0 Å².